The van der Waals surface area contributed by atoms with Crippen LogP contribution in [-0.2, 0) is 0 Å². The second-order valence-electron chi connectivity index (χ2n) is 7.90. The van der Waals surface area contributed by atoms with E-state index < -0.39 is 0 Å². The van der Waals surface area contributed by atoms with E-state index in [9.17, 15) is 0 Å². The minimum atomic E-state index is -0.105. The number of benzene rings is 3. The summed E-state index contributed by atoms with van der Waals surface area (Å²) in [6.45, 7) is 0. The van der Waals surface area contributed by atoms with E-state index >= 15 is 0 Å². The summed E-state index contributed by atoms with van der Waals surface area (Å²) >= 11 is 2.71. The fourth-order valence-corrected chi connectivity index (χ4v) is 4.37. The van der Waals surface area contributed by atoms with Gasteiger partial charge in [-0.25, -0.2) is 14.6 Å². The zero-order chi connectivity index (χ0) is 26.9. The number of rotatable bonds is 10. The van der Waals surface area contributed by atoms with Gasteiger partial charge in [-0.1, -0.05) is 18.2 Å². The Kier molecular flexibility index (Phi) is 8.31. The molecule has 0 saturated carbocycles. The molecule has 39 heavy (non-hydrogen) atoms. The first-order valence-corrected chi connectivity index (χ1v) is 13.3. The van der Waals surface area contributed by atoms with Crippen LogP contribution in [0.25, 0.3) is 5.69 Å². The molecule has 5 aromatic rings. The maximum atomic E-state index is 7.26. The summed E-state index contributed by atoms with van der Waals surface area (Å²) in [4.78, 5) is 10.0. The molecule has 5 rings (SSSR count). The Hall–Kier alpha value is -4.88. The molecule has 0 aliphatic rings. The molecule has 13 heteroatoms. The van der Waals surface area contributed by atoms with Gasteiger partial charge in [0.25, 0.3) is 0 Å². The molecule has 0 bridgehead atoms. The van der Waals surface area contributed by atoms with Gasteiger partial charge in [0.1, 0.15) is 17.8 Å². The van der Waals surface area contributed by atoms with E-state index in [4.69, 9.17) is 16.2 Å². The number of anilines is 3. The van der Waals surface area contributed by atoms with E-state index in [1.54, 1.807) is 10.9 Å². The van der Waals surface area contributed by atoms with Gasteiger partial charge >= 0.3 is 0 Å². The molecule has 0 saturated heterocycles. The SMILES string of the molecule is N=C(N)NSc1ccc(N=Nc2cn(-c3ccc(SNc4ccncn4)cc3)nc2Nc2ccccc2)cc1. The van der Waals surface area contributed by atoms with Crippen LogP contribution in [0.2, 0.25) is 0 Å². The predicted molar refractivity (Wildman–Crippen MR) is 156 cm³/mol. The number of nitrogens with two attached hydrogens (primary N) is 1. The van der Waals surface area contributed by atoms with Crippen molar-refractivity contribution >= 4 is 58.6 Å². The van der Waals surface area contributed by atoms with Gasteiger partial charge in [0.05, 0.1) is 17.6 Å². The highest BCUT2D eigenvalue weighted by molar-refractivity contribution is 8.00. The Morgan fingerprint density at radius 3 is 2.33 bits per heavy atom. The summed E-state index contributed by atoms with van der Waals surface area (Å²) in [5.74, 6) is 1.21. The highest BCUT2D eigenvalue weighted by atomic mass is 32.2. The van der Waals surface area contributed by atoms with Gasteiger partial charge in [-0.15, -0.1) is 10.2 Å². The normalized spacial score (nSPS) is 10.9. The third-order valence-corrected chi connectivity index (χ3v) is 6.73. The molecule has 3 aromatic carbocycles. The van der Waals surface area contributed by atoms with Gasteiger partial charge in [-0.3, -0.25) is 10.1 Å². The monoisotopic (exact) mass is 553 g/mol. The first kappa shape index (κ1) is 25.8. The molecule has 11 nitrogen and oxygen atoms in total. The lowest BCUT2D eigenvalue weighted by molar-refractivity contribution is 0.883. The van der Waals surface area contributed by atoms with Gasteiger partial charge in [0.15, 0.2) is 11.8 Å². The summed E-state index contributed by atoms with van der Waals surface area (Å²) in [5, 5.41) is 24.2. The molecular weight excluding hydrogens is 530 g/mol. The fraction of sp³-hybridized carbons (Fsp3) is 0. The molecule has 2 aromatic heterocycles. The van der Waals surface area contributed by atoms with Gasteiger partial charge in [0.2, 0.25) is 0 Å². The minimum absolute atomic E-state index is 0.105. The largest absolute Gasteiger partial charge is 0.369 e. The number of nitrogens with zero attached hydrogens (tertiary/aromatic N) is 6. The molecular formula is C26H23N11S2. The molecule has 0 aliphatic heterocycles. The number of hydrogen-bond donors (Lipinski definition) is 5. The molecule has 0 aliphatic carbocycles. The molecule has 0 amide bonds. The third-order valence-electron chi connectivity index (χ3n) is 5.08. The smallest absolute Gasteiger partial charge is 0.196 e. The van der Waals surface area contributed by atoms with Gasteiger partial charge in [-0.2, -0.15) is 5.11 Å². The Labute approximate surface area is 233 Å². The second-order valence-corrected chi connectivity index (χ2v) is 9.66. The van der Waals surface area contributed by atoms with Crippen molar-refractivity contribution in [1.29, 1.82) is 5.41 Å². The Bertz CT molecular complexity index is 1540. The standard InChI is InChI=1S/C26H23N11S2/c27-26(28)36-39-21-10-6-19(7-11-21)32-33-23-16-37(34-25(23)31-18-4-2-1-3-5-18)20-8-12-22(13-9-20)38-35-24-14-15-29-17-30-24/h1-17H,(H,31,34)(H4,27,28,36)(H,29,30,35). The van der Waals surface area contributed by atoms with Crippen LogP contribution in [0.15, 0.2) is 124 Å². The third kappa shape index (κ3) is 7.34. The molecule has 0 fully saturated rings. The van der Waals surface area contributed by atoms with Crippen molar-refractivity contribution in [1.82, 2.24) is 24.5 Å². The van der Waals surface area contributed by atoms with Crippen LogP contribution >= 0.6 is 23.9 Å². The van der Waals surface area contributed by atoms with E-state index in [0.29, 0.717) is 17.2 Å². The molecule has 0 atom stereocenters. The van der Waals surface area contributed by atoms with E-state index in [2.05, 4.69) is 35.0 Å². The zero-order valence-corrected chi connectivity index (χ0v) is 22.0. The molecule has 0 radical (unpaired) electrons. The van der Waals surface area contributed by atoms with Crippen LogP contribution in [0.5, 0.6) is 0 Å². The molecule has 6 N–H and O–H groups in total. The second kappa shape index (κ2) is 12.6. The highest BCUT2D eigenvalue weighted by Gasteiger charge is 2.11. The quantitative estimate of drug-likeness (QED) is 0.0569. The average molecular weight is 554 g/mol. The lowest BCUT2D eigenvalue weighted by atomic mass is 10.3. The maximum absolute atomic E-state index is 7.26. The van der Waals surface area contributed by atoms with E-state index in [1.807, 2.05) is 91.1 Å². The highest BCUT2D eigenvalue weighted by Crippen LogP contribution is 2.31. The van der Waals surface area contributed by atoms with Crippen LogP contribution in [0.4, 0.5) is 28.7 Å². The number of para-hydroxylation sites is 1. The Morgan fingerprint density at radius 2 is 1.62 bits per heavy atom. The average Bonchev–Trinajstić information content (AvgIpc) is 3.38. The van der Waals surface area contributed by atoms with Crippen molar-refractivity contribution in [2.24, 2.45) is 16.0 Å². The van der Waals surface area contributed by atoms with Crippen molar-refractivity contribution in [2.75, 3.05) is 10.0 Å². The number of guanidine groups is 1. The summed E-state index contributed by atoms with van der Waals surface area (Å²) in [7, 11) is 0. The van der Waals surface area contributed by atoms with E-state index in [0.717, 1.165) is 27.0 Å². The van der Waals surface area contributed by atoms with Crippen LogP contribution in [0, 0.1) is 5.41 Å². The number of azo groups is 1. The summed E-state index contributed by atoms with van der Waals surface area (Å²) in [6, 6.07) is 27.0. The minimum Gasteiger partial charge on any atom is -0.369 e. The summed E-state index contributed by atoms with van der Waals surface area (Å²) in [5.41, 5.74) is 8.36. The van der Waals surface area contributed by atoms with Crippen molar-refractivity contribution in [3.8, 4) is 5.69 Å². The number of nitrogens with one attached hydrogen (secondary N) is 4. The first-order chi connectivity index (χ1) is 19.1. The maximum Gasteiger partial charge on any atom is 0.196 e. The van der Waals surface area contributed by atoms with E-state index in [1.165, 1.54) is 30.2 Å². The number of hydrogen-bond acceptors (Lipinski definition) is 10. The molecule has 0 spiro atoms. The molecule has 2 heterocycles. The van der Waals surface area contributed by atoms with Crippen molar-refractivity contribution in [2.45, 2.75) is 9.79 Å². The van der Waals surface area contributed by atoms with Gasteiger partial charge < -0.3 is 15.8 Å². The number of aromatic nitrogens is 4. The lowest BCUT2D eigenvalue weighted by Gasteiger charge is -2.06. The first-order valence-electron chi connectivity index (χ1n) is 11.6. The van der Waals surface area contributed by atoms with Crippen molar-refractivity contribution in [3.05, 3.63) is 104 Å². The fourth-order valence-electron chi connectivity index (χ4n) is 3.25. The van der Waals surface area contributed by atoms with E-state index in [-0.39, 0.29) is 5.96 Å². The summed E-state index contributed by atoms with van der Waals surface area (Å²) in [6.07, 6.45) is 5.02. The van der Waals surface area contributed by atoms with Crippen LogP contribution in [-0.4, -0.2) is 25.7 Å². The van der Waals surface area contributed by atoms with Gasteiger partial charge in [-0.05, 0) is 90.6 Å². The van der Waals surface area contributed by atoms with Crippen molar-refractivity contribution in [3.63, 3.8) is 0 Å². The van der Waals surface area contributed by atoms with Gasteiger partial charge in [0, 0.05) is 21.7 Å². The van der Waals surface area contributed by atoms with Crippen molar-refractivity contribution < 1.29 is 0 Å². The Morgan fingerprint density at radius 1 is 0.872 bits per heavy atom. The predicted octanol–water partition coefficient (Wildman–Crippen LogP) is 6.43. The molecule has 0 unspecified atom stereocenters. The Balaban J connectivity index is 1.34. The molecule has 194 valence electrons. The van der Waals surface area contributed by atoms with Crippen LogP contribution in [0.3, 0.4) is 0 Å². The summed E-state index contributed by atoms with van der Waals surface area (Å²) < 4.78 is 7.66. The topological polar surface area (TPSA) is 154 Å². The van der Waals surface area contributed by atoms with Crippen LogP contribution < -0.4 is 20.5 Å². The lowest BCUT2D eigenvalue weighted by Crippen LogP contribution is -2.23. The zero-order valence-electron chi connectivity index (χ0n) is 20.4. The van der Waals surface area contributed by atoms with Crippen LogP contribution in [0.1, 0.15) is 0 Å².